The van der Waals surface area contributed by atoms with Crippen LogP contribution in [0.3, 0.4) is 0 Å². The third kappa shape index (κ3) is 2.89. The smallest absolute Gasteiger partial charge is 0.200 e. The van der Waals surface area contributed by atoms with Crippen molar-refractivity contribution in [3.63, 3.8) is 0 Å². The predicted molar refractivity (Wildman–Crippen MR) is 92.1 cm³/mol. The average molecular weight is 314 g/mol. The maximum absolute atomic E-state index is 4.61. The van der Waals surface area contributed by atoms with Crippen LogP contribution in [0.25, 0.3) is 22.6 Å². The summed E-state index contributed by atoms with van der Waals surface area (Å²) in [6.07, 6.45) is 2.88. The SMILES string of the molecule is c1ccc(CNc2nc(-c3ncncn3)nc3ccccc23)cc1. The molecule has 0 fully saturated rings. The summed E-state index contributed by atoms with van der Waals surface area (Å²) >= 11 is 0. The van der Waals surface area contributed by atoms with Crippen LogP contribution in [0.4, 0.5) is 5.82 Å². The van der Waals surface area contributed by atoms with Crippen molar-refractivity contribution in [1.82, 2.24) is 24.9 Å². The lowest BCUT2D eigenvalue weighted by atomic mass is 10.2. The van der Waals surface area contributed by atoms with Crippen LogP contribution < -0.4 is 5.32 Å². The van der Waals surface area contributed by atoms with Gasteiger partial charge in [0.1, 0.15) is 18.5 Å². The van der Waals surface area contributed by atoms with Crippen LogP contribution in [0.15, 0.2) is 67.3 Å². The molecule has 1 N–H and O–H groups in total. The van der Waals surface area contributed by atoms with Gasteiger partial charge >= 0.3 is 0 Å². The quantitative estimate of drug-likeness (QED) is 0.624. The molecule has 0 saturated heterocycles. The highest BCUT2D eigenvalue weighted by Gasteiger charge is 2.10. The minimum Gasteiger partial charge on any atom is -0.365 e. The molecule has 0 aliphatic rings. The first-order valence-corrected chi connectivity index (χ1v) is 7.57. The van der Waals surface area contributed by atoms with E-state index < -0.39 is 0 Å². The average Bonchev–Trinajstić information content (AvgIpc) is 2.67. The third-order valence-corrected chi connectivity index (χ3v) is 3.60. The fourth-order valence-corrected chi connectivity index (χ4v) is 2.45. The molecule has 0 amide bonds. The Kier molecular flexibility index (Phi) is 3.77. The zero-order chi connectivity index (χ0) is 16.2. The first-order valence-electron chi connectivity index (χ1n) is 7.57. The molecule has 6 nitrogen and oxygen atoms in total. The maximum atomic E-state index is 4.61. The number of para-hydroxylation sites is 1. The lowest BCUT2D eigenvalue weighted by molar-refractivity contribution is 1.02. The number of rotatable bonds is 4. The van der Waals surface area contributed by atoms with Crippen molar-refractivity contribution in [2.24, 2.45) is 0 Å². The molecule has 0 aliphatic carbocycles. The van der Waals surface area contributed by atoms with Crippen molar-refractivity contribution >= 4 is 16.7 Å². The van der Waals surface area contributed by atoms with Gasteiger partial charge < -0.3 is 5.32 Å². The fraction of sp³-hybridized carbons (Fsp3) is 0.0556. The Hall–Kier alpha value is -3.41. The van der Waals surface area contributed by atoms with E-state index in [1.165, 1.54) is 18.2 Å². The molecule has 2 heterocycles. The van der Waals surface area contributed by atoms with Crippen molar-refractivity contribution in [1.29, 1.82) is 0 Å². The van der Waals surface area contributed by atoms with E-state index in [9.17, 15) is 0 Å². The Labute approximate surface area is 138 Å². The van der Waals surface area contributed by atoms with Crippen LogP contribution in [-0.2, 0) is 6.54 Å². The summed E-state index contributed by atoms with van der Waals surface area (Å²) in [4.78, 5) is 21.3. The normalized spacial score (nSPS) is 10.7. The van der Waals surface area contributed by atoms with Crippen LogP contribution in [0, 0.1) is 0 Å². The Balaban J connectivity index is 1.75. The highest BCUT2D eigenvalue weighted by molar-refractivity contribution is 5.90. The minimum atomic E-state index is 0.457. The summed E-state index contributed by atoms with van der Waals surface area (Å²) in [7, 11) is 0. The molecule has 0 saturated carbocycles. The zero-order valence-electron chi connectivity index (χ0n) is 12.8. The Bertz CT molecular complexity index is 957. The molecule has 2 aromatic heterocycles. The van der Waals surface area contributed by atoms with Crippen molar-refractivity contribution in [2.45, 2.75) is 6.54 Å². The molecule has 6 heteroatoms. The van der Waals surface area contributed by atoms with Gasteiger partial charge in [-0.2, -0.15) is 0 Å². The molecule has 24 heavy (non-hydrogen) atoms. The van der Waals surface area contributed by atoms with Gasteiger partial charge in [0.05, 0.1) is 5.52 Å². The van der Waals surface area contributed by atoms with E-state index in [-0.39, 0.29) is 0 Å². The monoisotopic (exact) mass is 314 g/mol. The molecule has 0 unspecified atom stereocenters. The number of aromatic nitrogens is 5. The van der Waals surface area contributed by atoms with Crippen LogP contribution >= 0.6 is 0 Å². The van der Waals surface area contributed by atoms with Gasteiger partial charge in [-0.25, -0.2) is 24.9 Å². The second kappa shape index (κ2) is 6.37. The Morgan fingerprint density at radius 1 is 0.750 bits per heavy atom. The predicted octanol–water partition coefficient (Wildman–Crippen LogP) is 3.09. The molecule has 0 atom stereocenters. The lowest BCUT2D eigenvalue weighted by Crippen LogP contribution is -2.05. The van der Waals surface area contributed by atoms with Crippen molar-refractivity contribution in [3.05, 3.63) is 72.8 Å². The van der Waals surface area contributed by atoms with Crippen molar-refractivity contribution in [3.8, 4) is 11.6 Å². The van der Waals surface area contributed by atoms with Gasteiger partial charge in [0.15, 0.2) is 5.82 Å². The standard InChI is InChI=1S/C18H14N6/c1-2-6-13(7-3-1)10-20-16-14-8-4-5-9-15(14)23-18(24-16)17-21-11-19-12-22-17/h1-9,11-12H,10H2,(H,20,23,24). The molecule has 2 aromatic carbocycles. The molecule has 0 bridgehead atoms. The number of nitrogens with one attached hydrogen (secondary N) is 1. The Morgan fingerprint density at radius 3 is 2.33 bits per heavy atom. The van der Waals surface area contributed by atoms with Gasteiger partial charge in [0, 0.05) is 11.9 Å². The van der Waals surface area contributed by atoms with Gasteiger partial charge in [-0.3, -0.25) is 0 Å². The molecule has 4 rings (SSSR count). The molecule has 4 aromatic rings. The van der Waals surface area contributed by atoms with E-state index in [0.29, 0.717) is 18.2 Å². The number of fused-ring (bicyclic) bond motifs is 1. The first kappa shape index (κ1) is 14.2. The molecule has 0 radical (unpaired) electrons. The summed E-state index contributed by atoms with van der Waals surface area (Å²) in [5, 5.41) is 4.36. The molecule has 116 valence electrons. The van der Waals surface area contributed by atoms with E-state index in [0.717, 1.165) is 16.7 Å². The van der Waals surface area contributed by atoms with Crippen molar-refractivity contribution in [2.75, 3.05) is 5.32 Å². The fourth-order valence-electron chi connectivity index (χ4n) is 2.45. The topological polar surface area (TPSA) is 76.5 Å². The first-order chi connectivity index (χ1) is 11.9. The van der Waals surface area contributed by atoms with Gasteiger partial charge in [0.2, 0.25) is 5.82 Å². The highest BCUT2D eigenvalue weighted by atomic mass is 15.1. The minimum absolute atomic E-state index is 0.457. The Morgan fingerprint density at radius 2 is 1.50 bits per heavy atom. The van der Waals surface area contributed by atoms with E-state index in [1.807, 2.05) is 42.5 Å². The molecular weight excluding hydrogens is 300 g/mol. The van der Waals surface area contributed by atoms with Gasteiger partial charge in [-0.1, -0.05) is 42.5 Å². The van der Waals surface area contributed by atoms with Crippen LogP contribution in [-0.4, -0.2) is 24.9 Å². The largest absolute Gasteiger partial charge is 0.365 e. The van der Waals surface area contributed by atoms with E-state index in [4.69, 9.17) is 0 Å². The second-order valence-corrected chi connectivity index (χ2v) is 5.21. The zero-order valence-corrected chi connectivity index (χ0v) is 12.8. The van der Waals surface area contributed by atoms with Crippen LogP contribution in [0.2, 0.25) is 0 Å². The number of hydrogen-bond donors (Lipinski definition) is 1. The summed E-state index contributed by atoms with van der Waals surface area (Å²) in [6, 6.07) is 18.1. The van der Waals surface area contributed by atoms with E-state index in [2.05, 4.69) is 42.4 Å². The number of nitrogens with zero attached hydrogens (tertiary/aromatic N) is 5. The van der Waals surface area contributed by atoms with E-state index >= 15 is 0 Å². The summed E-state index contributed by atoms with van der Waals surface area (Å²) in [5.41, 5.74) is 2.03. The molecular formula is C18H14N6. The van der Waals surface area contributed by atoms with Gasteiger partial charge in [-0.15, -0.1) is 0 Å². The number of hydrogen-bond acceptors (Lipinski definition) is 6. The summed E-state index contributed by atoms with van der Waals surface area (Å²) in [5.74, 6) is 1.70. The van der Waals surface area contributed by atoms with Gasteiger partial charge in [-0.05, 0) is 17.7 Å². The summed E-state index contributed by atoms with van der Waals surface area (Å²) < 4.78 is 0. The third-order valence-electron chi connectivity index (χ3n) is 3.60. The molecule has 0 aliphatic heterocycles. The highest BCUT2D eigenvalue weighted by Crippen LogP contribution is 2.23. The van der Waals surface area contributed by atoms with E-state index in [1.54, 1.807) is 0 Å². The van der Waals surface area contributed by atoms with Crippen LogP contribution in [0.1, 0.15) is 5.56 Å². The van der Waals surface area contributed by atoms with Crippen molar-refractivity contribution < 1.29 is 0 Å². The maximum Gasteiger partial charge on any atom is 0.200 e. The second-order valence-electron chi connectivity index (χ2n) is 5.21. The summed E-state index contributed by atoms with van der Waals surface area (Å²) in [6.45, 7) is 0.679. The molecule has 0 spiro atoms. The van der Waals surface area contributed by atoms with Crippen LogP contribution in [0.5, 0.6) is 0 Å². The number of benzene rings is 2. The lowest BCUT2D eigenvalue weighted by Gasteiger charge is -2.10. The van der Waals surface area contributed by atoms with Gasteiger partial charge in [0.25, 0.3) is 0 Å². The number of anilines is 1.